The van der Waals surface area contributed by atoms with Crippen molar-refractivity contribution in [1.29, 1.82) is 0 Å². The van der Waals surface area contributed by atoms with Gasteiger partial charge in [-0.1, -0.05) is 111 Å². The summed E-state index contributed by atoms with van der Waals surface area (Å²) in [5.74, 6) is -2.95. The molecule has 9 N–H and O–H groups in total. The van der Waals surface area contributed by atoms with Crippen molar-refractivity contribution in [2.75, 3.05) is 26.2 Å². The van der Waals surface area contributed by atoms with E-state index in [9.17, 15) is 33.6 Å². The van der Waals surface area contributed by atoms with Crippen LogP contribution in [0.3, 0.4) is 0 Å². The van der Waals surface area contributed by atoms with Gasteiger partial charge in [0.15, 0.2) is 5.96 Å². The molecule has 2 fully saturated rings. The number of benzene rings is 3. The van der Waals surface area contributed by atoms with Gasteiger partial charge in [0, 0.05) is 50.5 Å². The van der Waals surface area contributed by atoms with Gasteiger partial charge in [0.25, 0.3) is 0 Å². The zero-order valence-electron chi connectivity index (χ0n) is 40.5. The number of nitrogens with two attached hydrogens (primary N) is 1. The van der Waals surface area contributed by atoms with Crippen LogP contribution in [0.15, 0.2) is 95.3 Å². The predicted octanol–water partition coefficient (Wildman–Crippen LogP) is 3.15. The maximum Gasteiger partial charge on any atom is 0.245 e. The summed E-state index contributed by atoms with van der Waals surface area (Å²) in [6.07, 6.45) is 7.14. The third kappa shape index (κ3) is 15.1. The Bertz CT molecular complexity index is 2500. The number of nitrogens with zero attached hydrogens (tertiary/aromatic N) is 2. The van der Waals surface area contributed by atoms with Gasteiger partial charge in [-0.25, -0.2) is 0 Å². The van der Waals surface area contributed by atoms with Crippen LogP contribution >= 0.6 is 11.3 Å². The molecule has 0 radical (unpaired) electrons. The Labute approximate surface area is 419 Å². The normalized spacial score (nSPS) is 17.9. The standard InChI is InChI=1S/C53H68N10O7S/c1-34(64)58-42(30-36-17-7-3-8-18-36)48(66)59-40(22-13-25-55-53-56-26-27-57-53)52(70)63-28-14-23-45(63)51(69)62-43(31-37-19-9-4-10-20-37)49(67)61-44(32-38-33-71-46-24-12-11-21-39(38)46)50(68)60-41(47(54)65)29-35-15-5-2-6-16-35/h2-3,5-8,11-12,15-18,21,24,33,37,40-45H,4,9-10,13-14,19-20,22-23,25-32H2,1H3,(H2,54,65)(H,58,64)(H,59,66)(H,60,68)(H,61,67)(H,62,69)(H2,55,56,57)/t40-,41-,42-,43-,44-,45-/m0/s1. The van der Waals surface area contributed by atoms with Gasteiger partial charge in [-0.3, -0.25) is 38.6 Å². The summed E-state index contributed by atoms with van der Waals surface area (Å²) in [5, 5.41) is 23.8. The van der Waals surface area contributed by atoms with Crippen LogP contribution in [0, 0.1) is 5.92 Å². The number of hydrogen-bond donors (Lipinski definition) is 8. The minimum absolute atomic E-state index is 0.106. The molecule has 1 saturated carbocycles. The number of aliphatic imine (C=N–C) groups is 1. The van der Waals surface area contributed by atoms with Gasteiger partial charge < -0.3 is 47.9 Å². The summed E-state index contributed by atoms with van der Waals surface area (Å²) >= 11 is 1.52. The second-order valence-electron chi connectivity index (χ2n) is 18.9. The van der Waals surface area contributed by atoms with Gasteiger partial charge in [-0.05, 0) is 71.5 Å². The molecule has 1 aromatic heterocycles. The third-order valence-electron chi connectivity index (χ3n) is 13.6. The highest BCUT2D eigenvalue weighted by Gasteiger charge is 2.40. The highest BCUT2D eigenvalue weighted by Crippen LogP contribution is 2.29. The number of carbonyl (C=O) groups excluding carboxylic acids is 7. The first-order chi connectivity index (χ1) is 34.4. The predicted molar refractivity (Wildman–Crippen MR) is 274 cm³/mol. The van der Waals surface area contributed by atoms with Gasteiger partial charge in [0.05, 0.1) is 6.54 Å². The Morgan fingerprint density at radius 1 is 0.704 bits per heavy atom. The maximum atomic E-state index is 14.8. The number of hydrogen-bond acceptors (Lipinski definition) is 11. The summed E-state index contributed by atoms with van der Waals surface area (Å²) in [6.45, 7) is 3.43. The molecule has 6 atom stereocenters. The molecule has 17 nitrogen and oxygen atoms in total. The van der Waals surface area contributed by atoms with Crippen molar-refractivity contribution in [1.82, 2.24) is 42.1 Å². The molecule has 7 amide bonds. The lowest BCUT2D eigenvalue weighted by Crippen LogP contribution is -2.60. The fourth-order valence-corrected chi connectivity index (χ4v) is 10.8. The monoisotopic (exact) mass is 988 g/mol. The first-order valence-electron chi connectivity index (χ1n) is 25.1. The summed E-state index contributed by atoms with van der Waals surface area (Å²) in [5.41, 5.74) is 8.30. The molecular weight excluding hydrogens is 921 g/mol. The van der Waals surface area contributed by atoms with Crippen LogP contribution in [-0.2, 0) is 52.8 Å². The molecule has 3 aromatic carbocycles. The number of carbonyl (C=O) groups is 7. The van der Waals surface area contributed by atoms with Crippen molar-refractivity contribution in [2.24, 2.45) is 16.6 Å². The molecule has 3 aliphatic rings. The minimum Gasteiger partial charge on any atom is -0.368 e. The van der Waals surface area contributed by atoms with E-state index in [-0.39, 0.29) is 38.1 Å². The van der Waals surface area contributed by atoms with Crippen LogP contribution in [0.4, 0.5) is 0 Å². The van der Waals surface area contributed by atoms with Gasteiger partial charge in [-0.2, -0.15) is 0 Å². The Hall–Kier alpha value is -6.82. The number of likely N-dealkylation sites (tertiary alicyclic amines) is 1. The van der Waals surface area contributed by atoms with Gasteiger partial charge in [-0.15, -0.1) is 11.3 Å². The molecule has 378 valence electrons. The molecular formula is C53H68N10O7S. The lowest BCUT2D eigenvalue weighted by atomic mass is 9.84. The number of primary amides is 1. The molecule has 1 aliphatic carbocycles. The first-order valence-corrected chi connectivity index (χ1v) is 25.9. The zero-order valence-corrected chi connectivity index (χ0v) is 41.3. The van der Waals surface area contributed by atoms with Crippen molar-refractivity contribution in [3.8, 4) is 0 Å². The van der Waals surface area contributed by atoms with Gasteiger partial charge >= 0.3 is 0 Å². The molecule has 0 bridgehead atoms. The Morgan fingerprint density at radius 3 is 1.99 bits per heavy atom. The van der Waals surface area contributed by atoms with Crippen LogP contribution < -0.4 is 43.0 Å². The number of guanidine groups is 1. The van der Waals surface area contributed by atoms with E-state index in [4.69, 9.17) is 5.73 Å². The second-order valence-corrected chi connectivity index (χ2v) is 19.8. The number of rotatable bonds is 23. The van der Waals surface area contributed by atoms with E-state index < -0.39 is 77.6 Å². The van der Waals surface area contributed by atoms with Crippen LogP contribution in [0.2, 0.25) is 0 Å². The van der Waals surface area contributed by atoms with E-state index in [0.29, 0.717) is 44.7 Å². The van der Waals surface area contributed by atoms with Crippen LogP contribution in [0.5, 0.6) is 0 Å². The van der Waals surface area contributed by atoms with Crippen molar-refractivity contribution >= 4 is 68.7 Å². The first kappa shape index (κ1) is 52.0. The topological polar surface area (TPSA) is 245 Å². The third-order valence-corrected chi connectivity index (χ3v) is 14.6. The largest absolute Gasteiger partial charge is 0.368 e. The van der Waals surface area contributed by atoms with E-state index in [0.717, 1.165) is 65.4 Å². The van der Waals surface area contributed by atoms with Gasteiger partial charge in [0.2, 0.25) is 41.4 Å². The summed E-state index contributed by atoms with van der Waals surface area (Å²) in [6, 6.07) is 20.1. The molecule has 2 aliphatic heterocycles. The van der Waals surface area contributed by atoms with Crippen LogP contribution in [0.1, 0.15) is 87.8 Å². The van der Waals surface area contributed by atoms with Crippen molar-refractivity contribution in [3.63, 3.8) is 0 Å². The van der Waals surface area contributed by atoms with E-state index in [1.54, 1.807) is 0 Å². The van der Waals surface area contributed by atoms with Crippen molar-refractivity contribution in [3.05, 3.63) is 107 Å². The second kappa shape index (κ2) is 25.9. The zero-order chi connectivity index (χ0) is 50.1. The lowest BCUT2D eigenvalue weighted by Gasteiger charge is -2.32. The summed E-state index contributed by atoms with van der Waals surface area (Å²) in [4.78, 5) is 104. The number of amides is 7. The SMILES string of the molecule is CC(=O)N[C@@H](Cc1ccccc1)C(=O)N[C@@H](CCCNC1=NCCN1)C(=O)N1CCC[C@H]1C(=O)N[C@@H](CC1CCCCC1)C(=O)N[C@@H](Cc1csc2ccccc12)C(=O)N[C@@H](Cc1ccccc1)C(N)=O. The van der Waals surface area contributed by atoms with Crippen LogP contribution in [0.25, 0.3) is 10.1 Å². The minimum atomic E-state index is -1.15. The number of thiophene rings is 1. The highest BCUT2D eigenvalue weighted by molar-refractivity contribution is 7.17. The Morgan fingerprint density at radius 2 is 1.32 bits per heavy atom. The maximum absolute atomic E-state index is 14.8. The average molecular weight is 989 g/mol. The Balaban J connectivity index is 1.10. The van der Waals surface area contributed by atoms with E-state index in [1.807, 2.05) is 90.3 Å². The van der Waals surface area contributed by atoms with E-state index in [2.05, 4.69) is 42.2 Å². The molecule has 0 spiro atoms. The molecule has 3 heterocycles. The fraction of sp³-hybridized carbons (Fsp3) is 0.472. The van der Waals surface area contributed by atoms with Gasteiger partial charge in [0.1, 0.15) is 36.3 Å². The molecule has 1 saturated heterocycles. The lowest BCUT2D eigenvalue weighted by molar-refractivity contribution is -0.142. The van der Waals surface area contributed by atoms with Crippen LogP contribution in [-0.4, -0.2) is 115 Å². The van der Waals surface area contributed by atoms with E-state index >= 15 is 0 Å². The smallest absolute Gasteiger partial charge is 0.245 e. The number of fused-ring (bicyclic) bond motifs is 1. The molecule has 7 rings (SSSR count). The summed E-state index contributed by atoms with van der Waals surface area (Å²) < 4.78 is 1.01. The van der Waals surface area contributed by atoms with Crippen molar-refractivity contribution in [2.45, 2.75) is 127 Å². The molecule has 0 unspecified atom stereocenters. The fourth-order valence-electron chi connectivity index (χ4n) is 9.86. The quantitative estimate of drug-likeness (QED) is 0.0509. The Kier molecular flexibility index (Phi) is 18.9. The number of nitrogens with one attached hydrogen (secondary N) is 7. The molecule has 71 heavy (non-hydrogen) atoms. The van der Waals surface area contributed by atoms with E-state index in [1.165, 1.54) is 23.2 Å². The molecule has 18 heteroatoms. The summed E-state index contributed by atoms with van der Waals surface area (Å²) in [7, 11) is 0. The average Bonchev–Trinajstić information content (AvgIpc) is 4.17. The highest BCUT2D eigenvalue weighted by atomic mass is 32.1. The van der Waals surface area contributed by atoms with Crippen molar-refractivity contribution < 1.29 is 33.6 Å². The molecule has 4 aromatic rings.